The van der Waals surface area contributed by atoms with Crippen molar-refractivity contribution in [2.45, 2.75) is 32.9 Å². The van der Waals surface area contributed by atoms with Crippen LogP contribution in [0.3, 0.4) is 0 Å². The third kappa shape index (κ3) is 6.58. The van der Waals surface area contributed by atoms with E-state index in [1.165, 1.54) is 0 Å². The van der Waals surface area contributed by atoms with Gasteiger partial charge in [0.15, 0.2) is 0 Å². The van der Waals surface area contributed by atoms with Crippen LogP contribution < -0.4 is 4.74 Å². The number of carboxylic acids is 1. The van der Waals surface area contributed by atoms with Crippen molar-refractivity contribution < 1.29 is 19.1 Å². The lowest BCUT2D eigenvalue weighted by molar-refractivity contribution is -0.139. The van der Waals surface area contributed by atoms with Crippen molar-refractivity contribution >= 4 is 5.97 Å². The maximum absolute atomic E-state index is 11.5. The summed E-state index contributed by atoms with van der Waals surface area (Å²) in [5.41, 5.74) is 3.91. The molecular formula is C29H30N2O4. The van der Waals surface area contributed by atoms with Crippen molar-refractivity contribution in [3.05, 3.63) is 108 Å². The minimum absolute atomic E-state index is 0.0363. The average Bonchev–Trinajstić information content (AvgIpc) is 3.24. The predicted molar refractivity (Wildman–Crippen MR) is 135 cm³/mol. The lowest BCUT2D eigenvalue weighted by Gasteiger charge is -2.28. The molecule has 0 amide bonds. The first-order chi connectivity index (χ1) is 17.0. The van der Waals surface area contributed by atoms with Crippen molar-refractivity contribution in [2.24, 2.45) is 0 Å². The fourth-order valence-corrected chi connectivity index (χ4v) is 4.04. The van der Waals surface area contributed by atoms with E-state index in [0.717, 1.165) is 33.9 Å². The number of aliphatic carboxylic acids is 1. The molecule has 3 aromatic carbocycles. The normalized spacial score (nSPS) is 12.0. The lowest BCUT2D eigenvalue weighted by Crippen LogP contribution is -2.32. The molecule has 0 aliphatic heterocycles. The zero-order valence-corrected chi connectivity index (χ0v) is 20.1. The van der Waals surface area contributed by atoms with Crippen molar-refractivity contribution in [1.82, 2.24) is 9.88 Å². The Morgan fingerprint density at radius 2 is 1.74 bits per heavy atom. The number of nitrogens with zero attached hydrogens (tertiary/aromatic N) is 2. The molecule has 0 aliphatic carbocycles. The molecule has 1 N–H and O–H groups in total. The van der Waals surface area contributed by atoms with E-state index >= 15 is 0 Å². The van der Waals surface area contributed by atoms with E-state index in [4.69, 9.17) is 9.15 Å². The number of oxazole rings is 1. The van der Waals surface area contributed by atoms with Crippen LogP contribution in [0.15, 0.2) is 89.3 Å². The van der Waals surface area contributed by atoms with Gasteiger partial charge in [-0.2, -0.15) is 0 Å². The van der Waals surface area contributed by atoms with Crippen LogP contribution in [0.4, 0.5) is 0 Å². The van der Waals surface area contributed by atoms with Crippen LogP contribution in [0.1, 0.15) is 35.5 Å². The Kier molecular flexibility index (Phi) is 7.95. The molecule has 0 saturated carbocycles. The van der Waals surface area contributed by atoms with E-state index in [1.807, 2.05) is 104 Å². The van der Waals surface area contributed by atoms with Gasteiger partial charge < -0.3 is 14.3 Å². The van der Waals surface area contributed by atoms with E-state index < -0.39 is 5.97 Å². The van der Waals surface area contributed by atoms with Gasteiger partial charge in [-0.05, 0) is 49.2 Å². The fourth-order valence-electron chi connectivity index (χ4n) is 4.04. The molecule has 0 spiro atoms. The molecule has 1 heterocycles. The van der Waals surface area contributed by atoms with E-state index in [-0.39, 0.29) is 12.6 Å². The second-order valence-corrected chi connectivity index (χ2v) is 8.52. The van der Waals surface area contributed by atoms with Crippen LogP contribution >= 0.6 is 0 Å². The van der Waals surface area contributed by atoms with E-state index in [1.54, 1.807) is 0 Å². The van der Waals surface area contributed by atoms with Gasteiger partial charge in [-0.3, -0.25) is 9.69 Å². The summed E-state index contributed by atoms with van der Waals surface area (Å²) in [6.45, 7) is 4.87. The first-order valence-electron chi connectivity index (χ1n) is 11.7. The molecule has 35 heavy (non-hydrogen) atoms. The van der Waals surface area contributed by atoms with Crippen molar-refractivity contribution in [1.29, 1.82) is 0 Å². The molecule has 0 aliphatic rings. The van der Waals surface area contributed by atoms with Gasteiger partial charge in [0.25, 0.3) is 0 Å². The quantitative estimate of drug-likeness (QED) is 0.293. The van der Waals surface area contributed by atoms with Gasteiger partial charge in [-0.15, -0.1) is 0 Å². The summed E-state index contributed by atoms with van der Waals surface area (Å²) in [5, 5.41) is 9.45. The second-order valence-electron chi connectivity index (χ2n) is 8.52. The third-order valence-electron chi connectivity index (χ3n) is 5.97. The Hall–Kier alpha value is -3.90. The van der Waals surface area contributed by atoms with Gasteiger partial charge in [0.05, 0.1) is 18.8 Å². The van der Waals surface area contributed by atoms with Crippen LogP contribution in [0.2, 0.25) is 0 Å². The zero-order chi connectivity index (χ0) is 24.6. The summed E-state index contributed by atoms with van der Waals surface area (Å²) < 4.78 is 11.8. The number of carbonyl (C=O) groups is 1. The number of hydrogen-bond donors (Lipinski definition) is 1. The molecule has 180 valence electrons. The van der Waals surface area contributed by atoms with Crippen molar-refractivity contribution in [2.75, 3.05) is 13.2 Å². The third-order valence-corrected chi connectivity index (χ3v) is 5.97. The number of aryl methyl sites for hydroxylation is 1. The molecule has 0 radical (unpaired) electrons. The Labute approximate surface area is 205 Å². The average molecular weight is 471 g/mol. The largest absolute Gasteiger partial charge is 0.493 e. The molecule has 4 rings (SSSR count). The van der Waals surface area contributed by atoms with Gasteiger partial charge in [0, 0.05) is 24.6 Å². The predicted octanol–water partition coefficient (Wildman–Crippen LogP) is 5.92. The van der Waals surface area contributed by atoms with Crippen LogP contribution in [0.25, 0.3) is 11.5 Å². The number of aromatic nitrogens is 1. The molecule has 4 aromatic rings. The lowest BCUT2D eigenvalue weighted by atomic mass is 10.1. The first-order valence-corrected chi connectivity index (χ1v) is 11.7. The van der Waals surface area contributed by atoms with Crippen LogP contribution in [-0.2, 0) is 17.8 Å². The molecule has 0 saturated heterocycles. The highest BCUT2D eigenvalue weighted by atomic mass is 16.5. The van der Waals surface area contributed by atoms with E-state index in [0.29, 0.717) is 25.5 Å². The van der Waals surface area contributed by atoms with Gasteiger partial charge in [0.2, 0.25) is 5.89 Å². The SMILES string of the molecule is Cc1oc(-c2ccccc2)nc1CCOc1cccc(CN(CC(=O)O)[C@@H](C)c2ccccc2)c1. The molecule has 0 bridgehead atoms. The number of rotatable bonds is 11. The second kappa shape index (κ2) is 11.5. The van der Waals surface area contributed by atoms with Crippen molar-refractivity contribution in [3.63, 3.8) is 0 Å². The summed E-state index contributed by atoms with van der Waals surface area (Å²) >= 11 is 0. The molecule has 0 fully saturated rings. The highest BCUT2D eigenvalue weighted by Crippen LogP contribution is 2.24. The molecule has 0 unspecified atom stereocenters. The summed E-state index contributed by atoms with van der Waals surface area (Å²) in [4.78, 5) is 18.1. The van der Waals surface area contributed by atoms with Crippen molar-refractivity contribution in [3.8, 4) is 17.2 Å². The first kappa shape index (κ1) is 24.2. The minimum atomic E-state index is -0.849. The molecule has 1 aromatic heterocycles. The summed E-state index contributed by atoms with van der Waals surface area (Å²) in [6, 6.07) is 27.6. The van der Waals surface area contributed by atoms with Gasteiger partial charge in [-0.1, -0.05) is 60.7 Å². The van der Waals surface area contributed by atoms with Crippen LogP contribution in [0.5, 0.6) is 5.75 Å². The molecule has 1 atom stereocenters. The fraction of sp³-hybridized carbons (Fsp3) is 0.241. The number of carboxylic acid groups (broad SMARTS) is 1. The van der Waals surface area contributed by atoms with Crippen LogP contribution in [0, 0.1) is 6.92 Å². The topological polar surface area (TPSA) is 75.8 Å². The molecule has 6 heteroatoms. The maximum Gasteiger partial charge on any atom is 0.317 e. The standard InChI is InChI=1S/C29H30N2O4/c1-21(24-11-5-3-6-12-24)31(20-28(32)33)19-23-10-9-15-26(18-23)34-17-16-27-22(2)35-29(30-27)25-13-7-4-8-14-25/h3-15,18,21H,16-17,19-20H2,1-2H3,(H,32,33)/t21-/m0/s1. The molecule has 6 nitrogen and oxygen atoms in total. The summed E-state index contributed by atoms with van der Waals surface area (Å²) in [7, 11) is 0. The number of ether oxygens (including phenoxy) is 1. The van der Waals surface area contributed by atoms with Gasteiger partial charge in [0.1, 0.15) is 11.5 Å². The summed E-state index contributed by atoms with van der Waals surface area (Å²) in [6.07, 6.45) is 0.628. The zero-order valence-electron chi connectivity index (χ0n) is 20.1. The number of benzene rings is 3. The van der Waals surface area contributed by atoms with E-state index in [2.05, 4.69) is 4.98 Å². The van der Waals surface area contributed by atoms with Gasteiger partial charge >= 0.3 is 5.97 Å². The highest BCUT2D eigenvalue weighted by molar-refractivity contribution is 5.69. The Morgan fingerprint density at radius 3 is 2.46 bits per heavy atom. The Balaban J connectivity index is 1.39. The summed E-state index contributed by atoms with van der Waals surface area (Å²) in [5.74, 6) is 1.30. The number of hydrogen-bond acceptors (Lipinski definition) is 5. The van der Waals surface area contributed by atoms with E-state index in [9.17, 15) is 9.90 Å². The van der Waals surface area contributed by atoms with Crippen LogP contribution in [-0.4, -0.2) is 34.1 Å². The maximum atomic E-state index is 11.5. The minimum Gasteiger partial charge on any atom is -0.493 e. The highest BCUT2D eigenvalue weighted by Gasteiger charge is 2.19. The van der Waals surface area contributed by atoms with Gasteiger partial charge in [-0.25, -0.2) is 4.98 Å². The Bertz CT molecular complexity index is 1240. The Morgan fingerprint density at radius 1 is 1.03 bits per heavy atom. The molecular weight excluding hydrogens is 440 g/mol. The smallest absolute Gasteiger partial charge is 0.317 e. The monoisotopic (exact) mass is 470 g/mol.